The highest BCUT2D eigenvalue weighted by molar-refractivity contribution is 5.93. The first kappa shape index (κ1) is 18.0. The maximum Gasteiger partial charge on any atom is 0.356 e. The second kappa shape index (κ2) is 7.23. The van der Waals surface area contributed by atoms with Crippen molar-refractivity contribution in [3.8, 4) is 0 Å². The summed E-state index contributed by atoms with van der Waals surface area (Å²) >= 11 is 0. The number of H-pyrrole nitrogens is 1. The predicted octanol–water partition coefficient (Wildman–Crippen LogP) is 0.534. The van der Waals surface area contributed by atoms with Gasteiger partial charge in [-0.15, -0.1) is 0 Å². The van der Waals surface area contributed by atoms with E-state index in [1.54, 1.807) is 42.0 Å². The molecule has 3 rings (SSSR count). The monoisotopic (exact) mass is 371 g/mol. The molecule has 3 aromatic heterocycles. The molecule has 140 valence electrons. The van der Waals surface area contributed by atoms with E-state index in [9.17, 15) is 19.7 Å². The first-order valence-electron chi connectivity index (χ1n) is 8.00. The lowest BCUT2D eigenvalue weighted by Gasteiger charge is -2.23. The first-order chi connectivity index (χ1) is 12.9. The molecule has 0 fully saturated rings. The SMILES string of the molecule is CN(CCN(C)c1cc[nH]c(=O)c1[N+](=O)[O-])C(=O)c1cnc2nccn2c1. The van der Waals surface area contributed by atoms with Gasteiger partial charge in [0.1, 0.15) is 5.69 Å². The summed E-state index contributed by atoms with van der Waals surface area (Å²) in [7, 11) is 3.25. The third kappa shape index (κ3) is 3.61. The Bertz CT molecular complexity index is 1060. The maximum atomic E-state index is 12.6. The number of carbonyl (C=O) groups excluding carboxylic acids is 1. The number of aromatic amines is 1. The Kier molecular flexibility index (Phi) is 4.83. The normalized spacial score (nSPS) is 10.7. The fourth-order valence-electron chi connectivity index (χ4n) is 2.61. The van der Waals surface area contributed by atoms with E-state index in [2.05, 4.69) is 15.0 Å². The van der Waals surface area contributed by atoms with Gasteiger partial charge in [0.05, 0.1) is 10.5 Å². The van der Waals surface area contributed by atoms with Gasteiger partial charge in [0.25, 0.3) is 5.91 Å². The number of fused-ring (bicyclic) bond motifs is 1. The van der Waals surface area contributed by atoms with Crippen molar-refractivity contribution in [1.29, 1.82) is 0 Å². The predicted molar refractivity (Wildman–Crippen MR) is 96.9 cm³/mol. The van der Waals surface area contributed by atoms with Gasteiger partial charge < -0.3 is 14.8 Å². The van der Waals surface area contributed by atoms with Crippen LogP contribution >= 0.6 is 0 Å². The van der Waals surface area contributed by atoms with E-state index in [-0.39, 0.29) is 11.6 Å². The summed E-state index contributed by atoms with van der Waals surface area (Å²) in [5, 5.41) is 11.1. The van der Waals surface area contributed by atoms with Crippen LogP contribution in [0.2, 0.25) is 0 Å². The van der Waals surface area contributed by atoms with Gasteiger partial charge in [0, 0.05) is 58.2 Å². The van der Waals surface area contributed by atoms with Gasteiger partial charge in [-0.1, -0.05) is 0 Å². The fourth-order valence-corrected chi connectivity index (χ4v) is 2.61. The van der Waals surface area contributed by atoms with E-state index in [0.717, 1.165) is 0 Å². The fraction of sp³-hybridized carbons (Fsp3) is 0.250. The van der Waals surface area contributed by atoms with Gasteiger partial charge >= 0.3 is 11.2 Å². The second-order valence-corrected chi connectivity index (χ2v) is 5.92. The van der Waals surface area contributed by atoms with Gasteiger partial charge in [-0.2, -0.15) is 0 Å². The molecule has 0 bridgehead atoms. The number of anilines is 1. The van der Waals surface area contributed by atoms with Crippen LogP contribution in [-0.2, 0) is 0 Å². The molecule has 11 nitrogen and oxygen atoms in total. The van der Waals surface area contributed by atoms with E-state index < -0.39 is 16.2 Å². The number of hydrogen-bond donors (Lipinski definition) is 1. The number of nitrogens with one attached hydrogen (secondary N) is 1. The third-order valence-electron chi connectivity index (χ3n) is 4.12. The molecule has 27 heavy (non-hydrogen) atoms. The molecule has 1 amide bonds. The number of likely N-dealkylation sites (N-methyl/N-ethyl adjacent to an activating group) is 2. The number of amides is 1. The van der Waals surface area contributed by atoms with Crippen LogP contribution in [0.4, 0.5) is 11.4 Å². The quantitative estimate of drug-likeness (QED) is 0.494. The summed E-state index contributed by atoms with van der Waals surface area (Å²) in [5.41, 5.74) is -0.712. The highest BCUT2D eigenvalue weighted by Gasteiger charge is 2.22. The zero-order chi connectivity index (χ0) is 19.6. The standard InChI is InChI=1S/C16H17N7O4/c1-20(12-3-4-17-14(24)13(12)23(26)27)7-8-21(2)15(25)11-9-19-16-18-5-6-22(16)10-11/h3-6,9-10H,7-8H2,1-2H3,(H,17,24). The number of nitrogens with zero attached hydrogens (tertiary/aromatic N) is 6. The van der Waals surface area contributed by atoms with E-state index in [4.69, 9.17) is 0 Å². The molecule has 0 saturated carbocycles. The van der Waals surface area contributed by atoms with Crippen LogP contribution in [0, 0.1) is 10.1 Å². The van der Waals surface area contributed by atoms with Crippen LogP contribution in [0.1, 0.15) is 10.4 Å². The molecule has 0 aliphatic heterocycles. The molecule has 3 aromatic rings. The number of imidazole rings is 1. The molecule has 3 heterocycles. The number of rotatable bonds is 6. The van der Waals surface area contributed by atoms with Crippen molar-refractivity contribution in [2.24, 2.45) is 0 Å². The number of carbonyl (C=O) groups is 1. The molecule has 0 aliphatic rings. The van der Waals surface area contributed by atoms with Crippen molar-refractivity contribution in [3.05, 3.63) is 63.1 Å². The van der Waals surface area contributed by atoms with E-state index in [1.807, 2.05) is 0 Å². The average Bonchev–Trinajstić information content (AvgIpc) is 3.12. The van der Waals surface area contributed by atoms with Gasteiger partial charge in [0.15, 0.2) is 0 Å². The lowest BCUT2D eigenvalue weighted by Crippen LogP contribution is -2.35. The van der Waals surface area contributed by atoms with E-state index >= 15 is 0 Å². The second-order valence-electron chi connectivity index (χ2n) is 5.92. The number of hydrogen-bond acceptors (Lipinski definition) is 7. The molecule has 0 radical (unpaired) electrons. The smallest absolute Gasteiger partial charge is 0.356 e. The molecule has 0 aliphatic carbocycles. The minimum absolute atomic E-state index is 0.186. The van der Waals surface area contributed by atoms with Crippen LogP contribution in [-0.4, -0.2) is 62.3 Å². The summed E-state index contributed by atoms with van der Waals surface area (Å²) < 4.78 is 1.65. The van der Waals surface area contributed by atoms with E-state index in [1.165, 1.54) is 23.4 Å². The van der Waals surface area contributed by atoms with Crippen LogP contribution in [0.3, 0.4) is 0 Å². The Morgan fingerprint density at radius 1 is 1.33 bits per heavy atom. The minimum atomic E-state index is -0.770. The van der Waals surface area contributed by atoms with Crippen LogP contribution < -0.4 is 10.5 Å². The molecule has 1 N–H and O–H groups in total. The van der Waals surface area contributed by atoms with Crippen molar-refractivity contribution in [2.45, 2.75) is 0 Å². The van der Waals surface area contributed by atoms with Gasteiger partial charge in [0.2, 0.25) is 5.78 Å². The molecular formula is C16H17N7O4. The molecule has 0 aromatic carbocycles. The van der Waals surface area contributed by atoms with Gasteiger partial charge in [-0.05, 0) is 6.07 Å². The number of nitro groups is 1. The van der Waals surface area contributed by atoms with Gasteiger partial charge in [-0.3, -0.25) is 24.1 Å². The molecule has 0 saturated heterocycles. The summed E-state index contributed by atoms with van der Waals surface area (Å²) in [4.78, 5) is 48.2. The van der Waals surface area contributed by atoms with Crippen molar-refractivity contribution < 1.29 is 9.72 Å². The van der Waals surface area contributed by atoms with Gasteiger partial charge in [-0.25, -0.2) is 9.97 Å². The summed E-state index contributed by atoms with van der Waals surface area (Å²) in [5.74, 6) is 0.252. The molecule has 0 unspecified atom stereocenters. The number of pyridine rings is 1. The lowest BCUT2D eigenvalue weighted by atomic mass is 10.3. The largest absolute Gasteiger partial charge is 0.367 e. The molecular weight excluding hydrogens is 354 g/mol. The molecule has 11 heteroatoms. The van der Waals surface area contributed by atoms with Crippen LogP contribution in [0.15, 0.2) is 41.8 Å². The Morgan fingerprint density at radius 3 is 2.85 bits per heavy atom. The number of aromatic nitrogens is 4. The molecule has 0 spiro atoms. The van der Waals surface area contributed by atoms with Crippen molar-refractivity contribution in [1.82, 2.24) is 24.3 Å². The van der Waals surface area contributed by atoms with E-state index in [0.29, 0.717) is 24.4 Å². The summed E-state index contributed by atoms with van der Waals surface area (Å²) in [6, 6.07) is 1.46. The Labute approximate surface area is 153 Å². The first-order valence-corrected chi connectivity index (χ1v) is 8.00. The van der Waals surface area contributed by atoms with Crippen molar-refractivity contribution in [2.75, 3.05) is 32.1 Å². The minimum Gasteiger partial charge on any atom is -0.367 e. The summed E-state index contributed by atoms with van der Waals surface area (Å²) in [6.45, 7) is 0.592. The molecule has 0 atom stereocenters. The average molecular weight is 371 g/mol. The maximum absolute atomic E-state index is 12.6. The highest BCUT2D eigenvalue weighted by Crippen LogP contribution is 2.21. The Hall–Kier alpha value is -3.76. The Balaban J connectivity index is 1.70. The van der Waals surface area contributed by atoms with Crippen LogP contribution in [0.5, 0.6) is 0 Å². The third-order valence-corrected chi connectivity index (χ3v) is 4.12. The van der Waals surface area contributed by atoms with Crippen molar-refractivity contribution >= 4 is 23.1 Å². The van der Waals surface area contributed by atoms with Crippen molar-refractivity contribution in [3.63, 3.8) is 0 Å². The van der Waals surface area contributed by atoms with Crippen LogP contribution in [0.25, 0.3) is 5.78 Å². The lowest BCUT2D eigenvalue weighted by molar-refractivity contribution is -0.385. The zero-order valence-electron chi connectivity index (χ0n) is 14.7. The summed E-state index contributed by atoms with van der Waals surface area (Å²) in [6.07, 6.45) is 7.72. The highest BCUT2D eigenvalue weighted by atomic mass is 16.6. The topological polar surface area (TPSA) is 130 Å². The zero-order valence-corrected chi connectivity index (χ0v) is 14.7. The Morgan fingerprint density at radius 2 is 2.11 bits per heavy atom.